The molecule has 2 aromatic rings. The van der Waals surface area contributed by atoms with Crippen molar-refractivity contribution in [1.29, 1.82) is 0 Å². The van der Waals surface area contributed by atoms with E-state index in [4.69, 9.17) is 4.74 Å². The molecule has 0 saturated heterocycles. The largest absolute Gasteiger partial charge is 0.484 e. The molecular weight excluding hydrogens is 286 g/mol. The molecule has 0 spiro atoms. The number of carbonyl (C=O) groups is 1. The second kappa shape index (κ2) is 8.37. The van der Waals surface area contributed by atoms with Gasteiger partial charge in [-0.05, 0) is 48.1 Å². The van der Waals surface area contributed by atoms with E-state index in [1.165, 1.54) is 5.56 Å². The first-order valence-electron chi connectivity index (χ1n) is 8.24. The first kappa shape index (κ1) is 17.1. The summed E-state index contributed by atoms with van der Waals surface area (Å²) >= 11 is 0. The highest BCUT2D eigenvalue weighted by molar-refractivity contribution is 5.92. The molecule has 0 unspecified atom stereocenters. The van der Waals surface area contributed by atoms with E-state index in [1.807, 2.05) is 42.5 Å². The van der Waals surface area contributed by atoms with Gasteiger partial charge in [0.1, 0.15) is 5.75 Å². The predicted molar refractivity (Wildman–Crippen MR) is 95.1 cm³/mol. The minimum atomic E-state index is -0.139. The lowest BCUT2D eigenvalue weighted by Gasteiger charge is -2.15. The third kappa shape index (κ3) is 4.85. The van der Waals surface area contributed by atoms with Gasteiger partial charge in [0.25, 0.3) is 5.91 Å². The van der Waals surface area contributed by atoms with Crippen LogP contribution in [0.5, 0.6) is 5.75 Å². The van der Waals surface area contributed by atoms with E-state index in [-0.39, 0.29) is 12.5 Å². The van der Waals surface area contributed by atoms with Crippen molar-refractivity contribution >= 4 is 11.6 Å². The van der Waals surface area contributed by atoms with Gasteiger partial charge in [0, 0.05) is 5.69 Å². The van der Waals surface area contributed by atoms with E-state index in [2.05, 4.69) is 32.2 Å². The van der Waals surface area contributed by atoms with Crippen LogP contribution >= 0.6 is 0 Å². The zero-order chi connectivity index (χ0) is 16.7. The lowest BCUT2D eigenvalue weighted by atomic mass is 9.97. The minimum absolute atomic E-state index is 0.0142. The molecule has 0 bridgehead atoms. The molecule has 1 atom stereocenters. The molecule has 0 aliphatic heterocycles. The van der Waals surface area contributed by atoms with Gasteiger partial charge >= 0.3 is 0 Å². The van der Waals surface area contributed by atoms with Gasteiger partial charge in [-0.15, -0.1) is 0 Å². The maximum absolute atomic E-state index is 12.1. The lowest BCUT2D eigenvalue weighted by Crippen LogP contribution is -2.21. The number of ether oxygens (including phenoxy) is 1. The molecule has 0 heterocycles. The molecule has 23 heavy (non-hydrogen) atoms. The monoisotopic (exact) mass is 311 g/mol. The molecule has 2 aromatic carbocycles. The normalized spacial score (nSPS) is 11.8. The first-order chi connectivity index (χ1) is 11.1. The van der Waals surface area contributed by atoms with Crippen molar-refractivity contribution in [2.24, 2.45) is 0 Å². The van der Waals surface area contributed by atoms with Crippen LogP contribution in [-0.4, -0.2) is 12.5 Å². The van der Waals surface area contributed by atoms with Crippen molar-refractivity contribution in [3.05, 3.63) is 59.7 Å². The molecule has 0 aliphatic carbocycles. The Balaban J connectivity index is 1.94. The summed E-state index contributed by atoms with van der Waals surface area (Å²) in [5.41, 5.74) is 3.29. The molecule has 3 heteroatoms. The molecule has 122 valence electrons. The second-order valence-corrected chi connectivity index (χ2v) is 5.73. The average Bonchev–Trinajstić information content (AvgIpc) is 2.60. The molecule has 0 radical (unpaired) electrons. The Kier molecular flexibility index (Phi) is 6.21. The Hall–Kier alpha value is -2.29. The van der Waals surface area contributed by atoms with E-state index >= 15 is 0 Å². The van der Waals surface area contributed by atoms with Crippen molar-refractivity contribution < 1.29 is 9.53 Å². The smallest absolute Gasteiger partial charge is 0.262 e. The van der Waals surface area contributed by atoms with Crippen LogP contribution in [0.15, 0.2) is 48.5 Å². The van der Waals surface area contributed by atoms with Crippen molar-refractivity contribution in [3.63, 3.8) is 0 Å². The summed E-state index contributed by atoms with van der Waals surface area (Å²) in [6.07, 6.45) is 2.03. The van der Waals surface area contributed by atoms with Gasteiger partial charge in [0.2, 0.25) is 0 Å². The van der Waals surface area contributed by atoms with E-state index < -0.39 is 0 Å². The van der Waals surface area contributed by atoms with Gasteiger partial charge in [-0.2, -0.15) is 0 Å². The third-order valence-electron chi connectivity index (χ3n) is 4.08. The van der Waals surface area contributed by atoms with E-state index in [1.54, 1.807) is 0 Å². The highest BCUT2D eigenvalue weighted by Crippen LogP contribution is 2.26. The van der Waals surface area contributed by atoms with Gasteiger partial charge < -0.3 is 10.1 Å². The van der Waals surface area contributed by atoms with Crippen LogP contribution in [0.4, 0.5) is 5.69 Å². The Bertz CT molecular complexity index is 634. The number of anilines is 1. The summed E-state index contributed by atoms with van der Waals surface area (Å²) in [4.78, 5) is 12.1. The molecule has 0 fully saturated rings. The van der Waals surface area contributed by atoms with Crippen LogP contribution < -0.4 is 10.1 Å². The number of benzene rings is 2. The van der Waals surface area contributed by atoms with E-state index in [9.17, 15) is 4.79 Å². The summed E-state index contributed by atoms with van der Waals surface area (Å²) in [6.45, 7) is 6.43. The van der Waals surface area contributed by atoms with E-state index in [0.717, 1.165) is 24.1 Å². The van der Waals surface area contributed by atoms with Crippen molar-refractivity contribution in [1.82, 2.24) is 0 Å². The Morgan fingerprint density at radius 2 is 1.78 bits per heavy atom. The molecular formula is C20H25NO2. The highest BCUT2D eigenvalue weighted by Gasteiger charge is 2.11. The number of aryl methyl sites for hydroxylation is 1. The fraction of sp³-hybridized carbons (Fsp3) is 0.350. The molecule has 0 saturated carbocycles. The summed E-state index contributed by atoms with van der Waals surface area (Å²) in [5, 5.41) is 2.95. The fourth-order valence-corrected chi connectivity index (χ4v) is 2.42. The zero-order valence-electron chi connectivity index (χ0n) is 14.1. The Labute approximate surface area is 138 Å². The Morgan fingerprint density at radius 3 is 2.43 bits per heavy atom. The number of nitrogens with one attached hydrogen (secondary N) is 1. The fourth-order valence-electron chi connectivity index (χ4n) is 2.42. The van der Waals surface area contributed by atoms with Crippen LogP contribution in [0, 0.1) is 0 Å². The van der Waals surface area contributed by atoms with Crippen LogP contribution in [0.1, 0.15) is 44.2 Å². The topological polar surface area (TPSA) is 38.3 Å². The molecule has 0 aromatic heterocycles. The number of rotatable bonds is 7. The number of para-hydroxylation sites is 1. The van der Waals surface area contributed by atoms with Gasteiger partial charge in [0.05, 0.1) is 0 Å². The molecule has 2 rings (SSSR count). The lowest BCUT2D eigenvalue weighted by molar-refractivity contribution is -0.118. The van der Waals surface area contributed by atoms with Gasteiger partial charge in [0.15, 0.2) is 6.61 Å². The summed E-state index contributed by atoms with van der Waals surface area (Å²) in [7, 11) is 0. The maximum Gasteiger partial charge on any atom is 0.262 e. The molecule has 0 aliphatic rings. The first-order valence-corrected chi connectivity index (χ1v) is 8.24. The Morgan fingerprint density at radius 1 is 1.09 bits per heavy atom. The van der Waals surface area contributed by atoms with Crippen LogP contribution in [0.3, 0.4) is 0 Å². The van der Waals surface area contributed by atoms with Crippen molar-refractivity contribution in [2.75, 3.05) is 11.9 Å². The predicted octanol–water partition coefficient (Wildman–Crippen LogP) is 4.78. The summed E-state index contributed by atoms with van der Waals surface area (Å²) in [5.74, 6) is 0.988. The van der Waals surface area contributed by atoms with Crippen molar-refractivity contribution in [3.8, 4) is 5.75 Å². The van der Waals surface area contributed by atoms with Crippen molar-refractivity contribution in [2.45, 2.75) is 39.5 Å². The standard InChI is InChI=1S/C20H25NO2/c1-4-15(3)18-8-6-7-9-19(18)21-20(22)14-23-17-12-10-16(5-2)11-13-17/h6-13,15H,4-5,14H2,1-3H3,(H,21,22)/t15-/m1/s1. The average molecular weight is 311 g/mol. The van der Waals surface area contributed by atoms with Gasteiger partial charge in [-0.3, -0.25) is 4.79 Å². The zero-order valence-corrected chi connectivity index (χ0v) is 14.1. The molecule has 1 N–H and O–H groups in total. The second-order valence-electron chi connectivity index (χ2n) is 5.73. The summed E-state index contributed by atoms with van der Waals surface area (Å²) in [6, 6.07) is 15.8. The molecule has 1 amide bonds. The third-order valence-corrected chi connectivity index (χ3v) is 4.08. The maximum atomic E-state index is 12.1. The van der Waals surface area contributed by atoms with E-state index in [0.29, 0.717) is 11.7 Å². The minimum Gasteiger partial charge on any atom is -0.484 e. The van der Waals surface area contributed by atoms with Gasteiger partial charge in [-0.1, -0.05) is 51.1 Å². The van der Waals surface area contributed by atoms with Crippen LogP contribution in [-0.2, 0) is 11.2 Å². The van der Waals surface area contributed by atoms with Crippen LogP contribution in [0.25, 0.3) is 0 Å². The number of carbonyl (C=O) groups excluding carboxylic acids is 1. The SMILES string of the molecule is CCc1ccc(OCC(=O)Nc2ccccc2[C@H](C)CC)cc1. The number of hydrogen-bond acceptors (Lipinski definition) is 2. The van der Waals surface area contributed by atoms with Gasteiger partial charge in [-0.25, -0.2) is 0 Å². The summed E-state index contributed by atoms with van der Waals surface area (Å²) < 4.78 is 5.55. The number of hydrogen-bond donors (Lipinski definition) is 1. The molecule has 3 nitrogen and oxygen atoms in total. The van der Waals surface area contributed by atoms with Crippen LogP contribution in [0.2, 0.25) is 0 Å². The quantitative estimate of drug-likeness (QED) is 0.799. The highest BCUT2D eigenvalue weighted by atomic mass is 16.5. The number of amides is 1.